The fourth-order valence-corrected chi connectivity index (χ4v) is 4.45. The highest BCUT2D eigenvalue weighted by molar-refractivity contribution is 7.91. The summed E-state index contributed by atoms with van der Waals surface area (Å²) in [5.41, 5.74) is 0.771. The maximum Gasteiger partial charge on any atom is 0.338 e. The highest BCUT2D eigenvalue weighted by Crippen LogP contribution is 2.20. The maximum atomic E-state index is 12.6. The zero-order valence-electron chi connectivity index (χ0n) is 19.4. The van der Waals surface area contributed by atoms with E-state index in [1.807, 2.05) is 31.2 Å². The van der Waals surface area contributed by atoms with Gasteiger partial charge in [-0.05, 0) is 53.6 Å². The van der Waals surface area contributed by atoms with E-state index >= 15 is 0 Å². The molecule has 9 heteroatoms. The molecular formula is C26H27NO7S. The summed E-state index contributed by atoms with van der Waals surface area (Å²) >= 11 is 0. The molecule has 0 heterocycles. The van der Waals surface area contributed by atoms with Crippen LogP contribution in [0.5, 0.6) is 0 Å². The van der Waals surface area contributed by atoms with E-state index in [9.17, 15) is 22.8 Å². The average molecular weight is 498 g/mol. The Labute approximate surface area is 204 Å². The molecule has 0 unspecified atom stereocenters. The monoisotopic (exact) mass is 497 g/mol. The van der Waals surface area contributed by atoms with E-state index in [1.165, 1.54) is 30.3 Å². The predicted molar refractivity (Wildman–Crippen MR) is 132 cm³/mol. The van der Waals surface area contributed by atoms with Gasteiger partial charge in [0.05, 0.1) is 29.2 Å². The fraction of sp³-hybridized carbons (Fsp3) is 0.269. The molecule has 35 heavy (non-hydrogen) atoms. The number of benzene rings is 3. The zero-order valence-corrected chi connectivity index (χ0v) is 20.2. The van der Waals surface area contributed by atoms with Crippen molar-refractivity contribution in [2.24, 2.45) is 0 Å². The van der Waals surface area contributed by atoms with Gasteiger partial charge >= 0.3 is 11.9 Å². The van der Waals surface area contributed by atoms with Gasteiger partial charge < -0.3 is 14.8 Å². The van der Waals surface area contributed by atoms with Crippen LogP contribution in [0.15, 0.2) is 71.6 Å². The summed E-state index contributed by atoms with van der Waals surface area (Å²) in [5.74, 6) is -2.26. The lowest BCUT2D eigenvalue weighted by molar-refractivity contribution is -0.146. The first-order valence-electron chi connectivity index (χ1n) is 11.2. The van der Waals surface area contributed by atoms with Crippen LogP contribution in [0.1, 0.15) is 36.5 Å². The van der Waals surface area contributed by atoms with Gasteiger partial charge in [-0.2, -0.15) is 0 Å². The number of nitrogens with one attached hydrogen (secondary N) is 1. The molecule has 0 saturated carbocycles. The molecule has 0 atom stereocenters. The van der Waals surface area contributed by atoms with Crippen LogP contribution < -0.4 is 5.32 Å². The number of carbonyl (C=O) groups excluding carboxylic acids is 3. The van der Waals surface area contributed by atoms with Crippen LogP contribution in [0.4, 0.5) is 5.69 Å². The Balaban J connectivity index is 1.44. The summed E-state index contributed by atoms with van der Waals surface area (Å²) in [4.78, 5) is 36.1. The van der Waals surface area contributed by atoms with Crippen molar-refractivity contribution in [3.05, 3.63) is 72.3 Å². The van der Waals surface area contributed by atoms with Crippen molar-refractivity contribution in [1.29, 1.82) is 0 Å². The minimum atomic E-state index is -3.69. The quantitative estimate of drug-likeness (QED) is 0.313. The molecule has 0 saturated heterocycles. The number of hydrogen-bond donors (Lipinski definition) is 1. The number of esters is 2. The summed E-state index contributed by atoms with van der Waals surface area (Å²) in [5, 5.41) is 4.25. The third kappa shape index (κ3) is 7.65. The molecule has 1 N–H and O–H groups in total. The van der Waals surface area contributed by atoms with E-state index in [2.05, 4.69) is 5.32 Å². The van der Waals surface area contributed by atoms with E-state index in [0.717, 1.165) is 23.6 Å². The van der Waals surface area contributed by atoms with Gasteiger partial charge in [-0.25, -0.2) is 13.2 Å². The highest BCUT2D eigenvalue weighted by atomic mass is 32.2. The number of hydrogen-bond acceptors (Lipinski definition) is 7. The molecule has 3 aromatic rings. The Morgan fingerprint density at radius 3 is 2.31 bits per heavy atom. The lowest BCUT2D eigenvalue weighted by Crippen LogP contribution is -2.22. The van der Waals surface area contributed by atoms with E-state index in [-0.39, 0.29) is 11.3 Å². The van der Waals surface area contributed by atoms with Crippen molar-refractivity contribution in [2.45, 2.75) is 31.1 Å². The van der Waals surface area contributed by atoms with Crippen LogP contribution >= 0.6 is 0 Å². The van der Waals surface area contributed by atoms with Crippen molar-refractivity contribution in [2.75, 3.05) is 24.3 Å². The molecule has 0 aliphatic rings. The van der Waals surface area contributed by atoms with Crippen LogP contribution in [0.25, 0.3) is 10.8 Å². The molecule has 8 nitrogen and oxygen atoms in total. The molecule has 0 bridgehead atoms. The zero-order chi connectivity index (χ0) is 25.3. The standard InChI is InChI=1S/C26H27NO7S/c1-2-3-15-33-26(30)20-8-11-22(12-9-20)27-24(28)18-34-25(29)14-16-35(31,32)23-13-10-19-6-4-5-7-21(19)17-23/h4-13,17H,2-3,14-16,18H2,1H3,(H,27,28). The van der Waals surface area contributed by atoms with Gasteiger partial charge in [0.1, 0.15) is 0 Å². The van der Waals surface area contributed by atoms with E-state index in [0.29, 0.717) is 17.9 Å². The number of carbonyl (C=O) groups is 3. The number of amides is 1. The molecule has 184 valence electrons. The van der Waals surface area contributed by atoms with Crippen molar-refractivity contribution in [3.8, 4) is 0 Å². The number of ether oxygens (including phenoxy) is 2. The fourth-order valence-electron chi connectivity index (χ4n) is 3.19. The van der Waals surface area contributed by atoms with Crippen molar-refractivity contribution >= 4 is 44.1 Å². The minimum absolute atomic E-state index is 0.124. The third-order valence-electron chi connectivity index (χ3n) is 5.15. The first-order chi connectivity index (χ1) is 16.8. The minimum Gasteiger partial charge on any atom is -0.462 e. The van der Waals surface area contributed by atoms with Crippen LogP contribution in [0.2, 0.25) is 0 Å². The molecule has 0 aliphatic carbocycles. The Hall–Kier alpha value is -3.72. The van der Waals surface area contributed by atoms with Crippen molar-refractivity contribution in [3.63, 3.8) is 0 Å². The van der Waals surface area contributed by atoms with Gasteiger partial charge in [0, 0.05) is 5.69 Å². The van der Waals surface area contributed by atoms with Gasteiger partial charge in [-0.3, -0.25) is 9.59 Å². The second kappa shape index (κ2) is 12.1. The lowest BCUT2D eigenvalue weighted by atomic mass is 10.1. The summed E-state index contributed by atoms with van der Waals surface area (Å²) in [7, 11) is -3.69. The molecule has 3 aromatic carbocycles. The molecule has 0 fully saturated rings. The van der Waals surface area contributed by atoms with Crippen LogP contribution in [-0.2, 0) is 28.9 Å². The average Bonchev–Trinajstić information content (AvgIpc) is 2.86. The first kappa shape index (κ1) is 25.9. The van der Waals surface area contributed by atoms with E-state index in [4.69, 9.17) is 9.47 Å². The maximum absolute atomic E-state index is 12.6. The Bertz CT molecular complexity index is 1300. The Kier molecular flexibility index (Phi) is 8.97. The number of anilines is 1. The molecule has 0 radical (unpaired) electrons. The summed E-state index contributed by atoms with van der Waals surface area (Å²) in [6, 6.07) is 18.3. The SMILES string of the molecule is CCCCOC(=O)c1ccc(NC(=O)COC(=O)CCS(=O)(=O)c2ccc3ccccc3c2)cc1. The second-order valence-corrected chi connectivity index (χ2v) is 9.96. The molecule has 0 aromatic heterocycles. The molecule has 0 spiro atoms. The lowest BCUT2D eigenvalue weighted by Gasteiger charge is -2.08. The van der Waals surface area contributed by atoms with Crippen molar-refractivity contribution < 1.29 is 32.3 Å². The summed E-state index contributed by atoms with van der Waals surface area (Å²) in [6.07, 6.45) is 1.33. The number of sulfone groups is 1. The number of fused-ring (bicyclic) bond motifs is 1. The van der Waals surface area contributed by atoms with Crippen LogP contribution in [-0.4, -0.2) is 45.2 Å². The number of rotatable bonds is 11. The molecular weight excluding hydrogens is 470 g/mol. The smallest absolute Gasteiger partial charge is 0.338 e. The van der Waals surface area contributed by atoms with Crippen LogP contribution in [0.3, 0.4) is 0 Å². The first-order valence-corrected chi connectivity index (χ1v) is 12.9. The normalized spacial score (nSPS) is 11.1. The summed E-state index contributed by atoms with van der Waals surface area (Å²) < 4.78 is 35.2. The third-order valence-corrected chi connectivity index (χ3v) is 6.87. The van der Waals surface area contributed by atoms with Gasteiger partial charge in [-0.1, -0.05) is 43.7 Å². The van der Waals surface area contributed by atoms with Gasteiger partial charge in [0.25, 0.3) is 5.91 Å². The second-order valence-electron chi connectivity index (χ2n) is 7.85. The number of unbranched alkanes of at least 4 members (excludes halogenated alkanes) is 1. The molecule has 1 amide bonds. The molecule has 0 aliphatic heterocycles. The summed E-state index contributed by atoms with van der Waals surface area (Å²) in [6.45, 7) is 1.79. The van der Waals surface area contributed by atoms with E-state index < -0.39 is 40.0 Å². The topological polar surface area (TPSA) is 116 Å². The van der Waals surface area contributed by atoms with Crippen molar-refractivity contribution in [1.82, 2.24) is 0 Å². The molecule has 3 rings (SSSR count). The Morgan fingerprint density at radius 1 is 0.886 bits per heavy atom. The van der Waals surface area contributed by atoms with E-state index in [1.54, 1.807) is 12.1 Å². The van der Waals surface area contributed by atoms with Gasteiger partial charge in [0.2, 0.25) is 0 Å². The highest BCUT2D eigenvalue weighted by Gasteiger charge is 2.18. The van der Waals surface area contributed by atoms with Gasteiger partial charge in [0.15, 0.2) is 16.4 Å². The Morgan fingerprint density at radius 2 is 1.60 bits per heavy atom. The predicted octanol–water partition coefficient (Wildman–Crippen LogP) is 4.14. The van der Waals surface area contributed by atoms with Gasteiger partial charge in [-0.15, -0.1) is 0 Å². The van der Waals surface area contributed by atoms with Crippen LogP contribution in [0, 0.1) is 0 Å². The largest absolute Gasteiger partial charge is 0.462 e.